The highest BCUT2D eigenvalue weighted by atomic mass is 16.6. The Labute approximate surface area is 172 Å². The van der Waals surface area contributed by atoms with Crippen LogP contribution in [0.15, 0.2) is 41.2 Å². The Morgan fingerprint density at radius 3 is 2.67 bits per heavy atom. The standard InChI is InChI=1S/C22H21N3O5/c1-13-10-19(25(27)28)17-4-3-5-18(17)22(13)30-16-7-8-20(29-2)14(12-16)11-15-6-9-21(26)24-23-15/h6-10,12H,3-5,11H2,1-2H3,(H,24,26). The van der Waals surface area contributed by atoms with Crippen LogP contribution < -0.4 is 15.0 Å². The van der Waals surface area contributed by atoms with E-state index in [2.05, 4.69) is 10.2 Å². The molecule has 0 fully saturated rings. The lowest BCUT2D eigenvalue weighted by Crippen LogP contribution is -2.08. The van der Waals surface area contributed by atoms with Crippen molar-refractivity contribution >= 4 is 5.69 Å². The fourth-order valence-electron chi connectivity index (χ4n) is 3.92. The molecule has 3 aromatic rings. The second-order valence-electron chi connectivity index (χ2n) is 7.27. The van der Waals surface area contributed by atoms with E-state index < -0.39 is 0 Å². The first kappa shape index (κ1) is 19.6. The van der Waals surface area contributed by atoms with Crippen LogP contribution in [0, 0.1) is 17.0 Å². The lowest BCUT2D eigenvalue weighted by molar-refractivity contribution is -0.385. The summed E-state index contributed by atoms with van der Waals surface area (Å²) in [7, 11) is 1.59. The summed E-state index contributed by atoms with van der Waals surface area (Å²) < 4.78 is 11.7. The van der Waals surface area contributed by atoms with E-state index in [4.69, 9.17) is 9.47 Å². The van der Waals surface area contributed by atoms with Gasteiger partial charge in [-0.1, -0.05) is 0 Å². The van der Waals surface area contributed by atoms with E-state index in [1.54, 1.807) is 19.2 Å². The zero-order valence-electron chi connectivity index (χ0n) is 16.7. The van der Waals surface area contributed by atoms with Crippen molar-refractivity contribution in [3.63, 3.8) is 0 Å². The summed E-state index contributed by atoms with van der Waals surface area (Å²) in [6.45, 7) is 1.83. The first-order valence-electron chi connectivity index (χ1n) is 9.65. The van der Waals surface area contributed by atoms with E-state index in [0.29, 0.717) is 35.8 Å². The van der Waals surface area contributed by atoms with Gasteiger partial charge in [-0.25, -0.2) is 5.10 Å². The summed E-state index contributed by atoms with van der Waals surface area (Å²) in [4.78, 5) is 22.3. The number of nitro groups is 1. The molecule has 0 bridgehead atoms. The van der Waals surface area contributed by atoms with Crippen LogP contribution in [0.1, 0.15) is 34.4 Å². The summed E-state index contributed by atoms with van der Waals surface area (Å²) in [5, 5.41) is 17.9. The summed E-state index contributed by atoms with van der Waals surface area (Å²) in [6.07, 6.45) is 2.78. The number of aromatic amines is 1. The summed E-state index contributed by atoms with van der Waals surface area (Å²) in [5.41, 5.74) is 3.88. The van der Waals surface area contributed by atoms with E-state index in [-0.39, 0.29) is 16.2 Å². The van der Waals surface area contributed by atoms with Crippen molar-refractivity contribution in [1.82, 2.24) is 10.2 Å². The van der Waals surface area contributed by atoms with Gasteiger partial charge in [0.25, 0.3) is 11.2 Å². The third-order valence-corrected chi connectivity index (χ3v) is 5.29. The third kappa shape index (κ3) is 3.76. The van der Waals surface area contributed by atoms with Gasteiger partial charge in [-0.05, 0) is 56.0 Å². The molecule has 1 aromatic heterocycles. The van der Waals surface area contributed by atoms with Crippen molar-refractivity contribution in [2.75, 3.05) is 7.11 Å². The summed E-state index contributed by atoms with van der Waals surface area (Å²) in [5.74, 6) is 1.98. The van der Waals surface area contributed by atoms with Crippen molar-refractivity contribution in [2.45, 2.75) is 32.6 Å². The summed E-state index contributed by atoms with van der Waals surface area (Å²) >= 11 is 0. The number of aromatic nitrogens is 2. The second-order valence-corrected chi connectivity index (χ2v) is 7.27. The van der Waals surface area contributed by atoms with Crippen LogP contribution in [0.3, 0.4) is 0 Å². The van der Waals surface area contributed by atoms with Gasteiger partial charge in [0.05, 0.1) is 17.7 Å². The van der Waals surface area contributed by atoms with E-state index in [0.717, 1.165) is 35.1 Å². The van der Waals surface area contributed by atoms with Crippen LogP contribution in [0.2, 0.25) is 0 Å². The lowest BCUT2D eigenvalue weighted by atomic mass is 10.0. The van der Waals surface area contributed by atoms with Crippen molar-refractivity contribution in [1.29, 1.82) is 0 Å². The van der Waals surface area contributed by atoms with Gasteiger partial charge in [-0.15, -0.1) is 0 Å². The molecular weight excluding hydrogens is 386 g/mol. The van der Waals surface area contributed by atoms with Crippen molar-refractivity contribution in [3.05, 3.63) is 84.8 Å². The number of methoxy groups -OCH3 is 1. The van der Waals surface area contributed by atoms with Gasteiger partial charge in [0.2, 0.25) is 0 Å². The minimum atomic E-state index is -0.316. The molecule has 0 saturated heterocycles. The Hall–Kier alpha value is -3.68. The molecule has 154 valence electrons. The number of H-pyrrole nitrogens is 1. The van der Waals surface area contributed by atoms with Crippen LogP contribution in [-0.4, -0.2) is 22.2 Å². The minimum absolute atomic E-state index is 0.173. The lowest BCUT2D eigenvalue weighted by Gasteiger charge is -2.16. The predicted octanol–water partition coefficient (Wildman–Crippen LogP) is 3.87. The first-order valence-corrected chi connectivity index (χ1v) is 9.65. The van der Waals surface area contributed by atoms with E-state index >= 15 is 0 Å². The molecule has 0 spiro atoms. The summed E-state index contributed by atoms with van der Waals surface area (Å²) in [6, 6.07) is 10.2. The number of nitrogens with one attached hydrogen (secondary N) is 1. The van der Waals surface area contributed by atoms with Crippen LogP contribution in [0.4, 0.5) is 5.69 Å². The molecule has 4 rings (SSSR count). The Balaban J connectivity index is 1.69. The van der Waals surface area contributed by atoms with Crippen LogP contribution >= 0.6 is 0 Å². The van der Waals surface area contributed by atoms with Gasteiger partial charge in [0.15, 0.2) is 0 Å². The fourth-order valence-corrected chi connectivity index (χ4v) is 3.92. The zero-order chi connectivity index (χ0) is 21.3. The number of nitro benzene ring substituents is 1. The van der Waals surface area contributed by atoms with E-state index in [1.807, 2.05) is 25.1 Å². The van der Waals surface area contributed by atoms with Crippen molar-refractivity contribution < 1.29 is 14.4 Å². The van der Waals surface area contributed by atoms with Crippen molar-refractivity contribution in [2.24, 2.45) is 0 Å². The molecule has 1 N–H and O–H groups in total. The topological polar surface area (TPSA) is 107 Å². The molecule has 0 radical (unpaired) electrons. The van der Waals surface area contributed by atoms with Gasteiger partial charge < -0.3 is 9.47 Å². The predicted molar refractivity (Wildman–Crippen MR) is 111 cm³/mol. The van der Waals surface area contributed by atoms with Crippen LogP contribution in [-0.2, 0) is 19.3 Å². The molecular formula is C22H21N3O5. The Kier molecular flexibility index (Phi) is 5.22. The number of benzene rings is 2. The van der Waals surface area contributed by atoms with Crippen LogP contribution in [0.5, 0.6) is 17.2 Å². The molecule has 1 heterocycles. The molecule has 0 atom stereocenters. The Morgan fingerprint density at radius 2 is 1.97 bits per heavy atom. The minimum Gasteiger partial charge on any atom is -0.496 e. The number of nitrogens with zero attached hydrogens (tertiary/aromatic N) is 2. The maximum Gasteiger partial charge on any atom is 0.273 e. The molecule has 1 aliphatic rings. The smallest absolute Gasteiger partial charge is 0.273 e. The normalized spacial score (nSPS) is 12.5. The molecule has 0 saturated carbocycles. The number of hydrogen-bond donors (Lipinski definition) is 1. The Morgan fingerprint density at radius 1 is 1.17 bits per heavy atom. The van der Waals surface area contributed by atoms with Gasteiger partial charge in [0.1, 0.15) is 17.2 Å². The Bertz CT molecular complexity index is 1170. The van der Waals surface area contributed by atoms with Gasteiger partial charge in [-0.3, -0.25) is 14.9 Å². The second kappa shape index (κ2) is 7.98. The average Bonchev–Trinajstić information content (AvgIpc) is 3.21. The van der Waals surface area contributed by atoms with Crippen LogP contribution in [0.25, 0.3) is 0 Å². The van der Waals surface area contributed by atoms with Crippen molar-refractivity contribution in [3.8, 4) is 17.2 Å². The molecule has 8 heteroatoms. The maximum atomic E-state index is 11.4. The monoisotopic (exact) mass is 407 g/mol. The fraction of sp³-hybridized carbons (Fsp3) is 0.273. The molecule has 0 unspecified atom stereocenters. The van der Waals surface area contributed by atoms with E-state index in [9.17, 15) is 14.9 Å². The largest absolute Gasteiger partial charge is 0.496 e. The number of ether oxygens (including phenoxy) is 2. The van der Waals surface area contributed by atoms with Gasteiger partial charge in [-0.2, -0.15) is 5.10 Å². The van der Waals surface area contributed by atoms with Gasteiger partial charge >= 0.3 is 0 Å². The maximum absolute atomic E-state index is 11.4. The molecule has 1 aliphatic carbocycles. The zero-order valence-corrected chi connectivity index (χ0v) is 16.7. The SMILES string of the molecule is COc1ccc(Oc2c(C)cc([N+](=O)[O-])c3c2CCC3)cc1Cc1ccc(=O)[nH]n1. The first-order chi connectivity index (χ1) is 14.5. The third-order valence-electron chi connectivity index (χ3n) is 5.29. The highest BCUT2D eigenvalue weighted by molar-refractivity contribution is 5.59. The molecule has 8 nitrogen and oxygen atoms in total. The molecule has 30 heavy (non-hydrogen) atoms. The van der Waals surface area contributed by atoms with Gasteiger partial charge in [0, 0.05) is 35.2 Å². The highest BCUT2D eigenvalue weighted by Crippen LogP contribution is 2.42. The average molecular weight is 407 g/mol. The number of aryl methyl sites for hydroxylation is 1. The molecule has 0 amide bonds. The quantitative estimate of drug-likeness (QED) is 0.491. The van der Waals surface area contributed by atoms with E-state index in [1.165, 1.54) is 6.07 Å². The highest BCUT2D eigenvalue weighted by Gasteiger charge is 2.27. The number of fused-ring (bicyclic) bond motifs is 1. The molecule has 2 aromatic carbocycles. The molecule has 0 aliphatic heterocycles. The number of hydrogen-bond acceptors (Lipinski definition) is 6. The number of rotatable bonds is 6.